The average Bonchev–Trinajstić information content (AvgIpc) is 2.86. The zero-order valence-electron chi connectivity index (χ0n) is 9.11. The summed E-state index contributed by atoms with van der Waals surface area (Å²) in [7, 11) is 0. The number of hydrogen-bond donors (Lipinski definition) is 2. The molecule has 0 saturated carbocycles. The number of halogens is 1. The number of nitrogens with zero attached hydrogens (tertiary/aromatic N) is 2. The van der Waals surface area contributed by atoms with E-state index < -0.39 is 5.91 Å². The lowest BCUT2D eigenvalue weighted by molar-refractivity contribution is 0.0924. The van der Waals surface area contributed by atoms with E-state index in [-0.39, 0.29) is 5.76 Å². The molecule has 0 aliphatic rings. The Morgan fingerprint density at radius 2 is 2.47 bits per heavy atom. The Hall–Kier alpha value is -1.79. The van der Waals surface area contributed by atoms with Gasteiger partial charge in [-0.3, -0.25) is 14.9 Å². The van der Waals surface area contributed by atoms with Crippen molar-refractivity contribution in [2.24, 2.45) is 5.84 Å². The second-order valence-corrected chi connectivity index (χ2v) is 3.92. The molecule has 0 aromatic carbocycles. The van der Waals surface area contributed by atoms with E-state index in [9.17, 15) is 4.79 Å². The molecule has 6 nitrogen and oxygen atoms in total. The van der Waals surface area contributed by atoms with Gasteiger partial charge in [0.05, 0.1) is 23.5 Å². The molecule has 0 bridgehead atoms. The summed E-state index contributed by atoms with van der Waals surface area (Å²) in [6, 6.07) is 1.69. The van der Waals surface area contributed by atoms with E-state index in [1.807, 2.05) is 12.3 Å². The van der Waals surface area contributed by atoms with Gasteiger partial charge in [-0.05, 0) is 13.0 Å². The number of aryl methyl sites for hydroxylation is 1. The van der Waals surface area contributed by atoms with Crippen molar-refractivity contribution >= 4 is 17.5 Å². The Morgan fingerprint density at radius 3 is 3.06 bits per heavy atom. The number of rotatable bonds is 3. The number of carbonyl (C=O) groups excluding carboxylic acids is 1. The van der Waals surface area contributed by atoms with Crippen LogP contribution in [0, 0.1) is 6.92 Å². The van der Waals surface area contributed by atoms with Crippen LogP contribution in [0.1, 0.15) is 21.8 Å². The number of aromatic nitrogens is 2. The van der Waals surface area contributed by atoms with Crippen LogP contribution >= 0.6 is 11.6 Å². The van der Waals surface area contributed by atoms with E-state index in [4.69, 9.17) is 21.9 Å². The molecule has 0 fully saturated rings. The van der Waals surface area contributed by atoms with Crippen molar-refractivity contribution in [2.75, 3.05) is 0 Å². The lowest BCUT2D eigenvalue weighted by Gasteiger charge is -2.01. The lowest BCUT2D eigenvalue weighted by atomic mass is 10.2. The Labute approximate surface area is 102 Å². The summed E-state index contributed by atoms with van der Waals surface area (Å²) < 4.78 is 6.70. The normalized spacial score (nSPS) is 10.5. The highest BCUT2D eigenvalue weighted by Crippen LogP contribution is 2.16. The molecule has 0 unspecified atom stereocenters. The van der Waals surface area contributed by atoms with Crippen molar-refractivity contribution in [3.63, 3.8) is 0 Å². The van der Waals surface area contributed by atoms with Gasteiger partial charge in [-0.2, -0.15) is 5.10 Å². The number of nitrogen functional groups attached to an aromatic ring is 1. The van der Waals surface area contributed by atoms with Crippen LogP contribution in [0.3, 0.4) is 0 Å². The molecule has 17 heavy (non-hydrogen) atoms. The SMILES string of the molecule is Cc1nn(Cc2ccoc2C(=O)NN)cc1Cl. The number of carbonyl (C=O) groups is 1. The van der Waals surface area contributed by atoms with Gasteiger partial charge in [0, 0.05) is 11.8 Å². The molecule has 2 aromatic rings. The van der Waals surface area contributed by atoms with Crippen LogP contribution in [0.15, 0.2) is 22.9 Å². The molecule has 0 radical (unpaired) electrons. The summed E-state index contributed by atoms with van der Waals surface area (Å²) in [5, 5.41) is 4.77. The van der Waals surface area contributed by atoms with Gasteiger partial charge >= 0.3 is 5.91 Å². The van der Waals surface area contributed by atoms with E-state index in [1.165, 1.54) is 6.26 Å². The molecular weight excluding hydrogens is 244 g/mol. The van der Waals surface area contributed by atoms with Gasteiger partial charge in [0.15, 0.2) is 5.76 Å². The molecular formula is C10H11ClN4O2. The maximum atomic E-state index is 11.4. The van der Waals surface area contributed by atoms with Crippen LogP contribution < -0.4 is 11.3 Å². The minimum absolute atomic E-state index is 0.178. The maximum Gasteiger partial charge on any atom is 0.301 e. The maximum absolute atomic E-state index is 11.4. The summed E-state index contributed by atoms with van der Waals surface area (Å²) in [4.78, 5) is 11.4. The van der Waals surface area contributed by atoms with Gasteiger partial charge in [0.25, 0.3) is 0 Å². The van der Waals surface area contributed by atoms with Crippen LogP contribution in [-0.4, -0.2) is 15.7 Å². The zero-order valence-corrected chi connectivity index (χ0v) is 9.86. The van der Waals surface area contributed by atoms with E-state index in [0.717, 1.165) is 5.69 Å². The van der Waals surface area contributed by atoms with Crippen LogP contribution in [0.5, 0.6) is 0 Å². The Bertz CT molecular complexity index is 527. The number of furan rings is 1. The number of hydrazine groups is 1. The quantitative estimate of drug-likeness (QED) is 0.488. The standard InChI is InChI=1S/C10H11ClN4O2/c1-6-8(11)5-15(14-6)4-7-2-3-17-9(7)10(16)13-12/h2-3,5H,4,12H2,1H3,(H,13,16). The Morgan fingerprint density at radius 1 is 1.71 bits per heavy atom. The molecule has 0 spiro atoms. The fraction of sp³-hybridized carbons (Fsp3) is 0.200. The van der Waals surface area contributed by atoms with Crippen LogP contribution in [0.25, 0.3) is 0 Å². The smallest absolute Gasteiger partial charge is 0.301 e. The van der Waals surface area contributed by atoms with Gasteiger partial charge in [0.2, 0.25) is 0 Å². The predicted octanol–water partition coefficient (Wildman–Crippen LogP) is 1.09. The summed E-state index contributed by atoms with van der Waals surface area (Å²) in [5.41, 5.74) is 3.44. The highest BCUT2D eigenvalue weighted by Gasteiger charge is 2.15. The molecule has 0 aliphatic heterocycles. The van der Waals surface area contributed by atoms with E-state index >= 15 is 0 Å². The Kier molecular flexibility index (Phi) is 3.16. The van der Waals surface area contributed by atoms with Crippen molar-refractivity contribution in [1.29, 1.82) is 0 Å². The first-order chi connectivity index (χ1) is 8.11. The third-order valence-corrected chi connectivity index (χ3v) is 2.67. The topological polar surface area (TPSA) is 86.1 Å². The van der Waals surface area contributed by atoms with Gasteiger partial charge in [-0.25, -0.2) is 5.84 Å². The number of nitrogens with one attached hydrogen (secondary N) is 1. The van der Waals surface area contributed by atoms with Crippen molar-refractivity contribution in [2.45, 2.75) is 13.5 Å². The van der Waals surface area contributed by atoms with Gasteiger partial charge in [-0.15, -0.1) is 0 Å². The summed E-state index contributed by atoms with van der Waals surface area (Å²) in [5.74, 6) is 4.76. The number of nitrogens with two attached hydrogens (primary N) is 1. The first kappa shape index (κ1) is 11.7. The minimum atomic E-state index is -0.472. The molecule has 7 heteroatoms. The first-order valence-electron chi connectivity index (χ1n) is 4.88. The minimum Gasteiger partial charge on any atom is -0.459 e. The van der Waals surface area contributed by atoms with Crippen LogP contribution in [0.2, 0.25) is 5.02 Å². The summed E-state index contributed by atoms with van der Waals surface area (Å²) in [6.45, 7) is 2.20. The lowest BCUT2D eigenvalue weighted by Crippen LogP contribution is -2.30. The molecule has 2 rings (SSSR count). The second-order valence-electron chi connectivity index (χ2n) is 3.51. The third kappa shape index (κ3) is 2.32. The zero-order chi connectivity index (χ0) is 12.4. The van der Waals surface area contributed by atoms with E-state index in [0.29, 0.717) is 17.1 Å². The molecule has 3 N–H and O–H groups in total. The van der Waals surface area contributed by atoms with E-state index in [2.05, 4.69) is 5.10 Å². The fourth-order valence-corrected chi connectivity index (χ4v) is 1.62. The van der Waals surface area contributed by atoms with Crippen molar-refractivity contribution in [3.05, 3.63) is 40.6 Å². The monoisotopic (exact) mass is 254 g/mol. The molecule has 2 aromatic heterocycles. The Balaban J connectivity index is 2.24. The largest absolute Gasteiger partial charge is 0.459 e. The van der Waals surface area contributed by atoms with Gasteiger partial charge in [0.1, 0.15) is 0 Å². The predicted molar refractivity (Wildman–Crippen MR) is 61.4 cm³/mol. The summed E-state index contributed by atoms with van der Waals surface area (Å²) in [6.07, 6.45) is 3.12. The third-order valence-electron chi connectivity index (χ3n) is 2.30. The van der Waals surface area contributed by atoms with Gasteiger partial charge in [-0.1, -0.05) is 11.6 Å². The molecule has 1 amide bonds. The molecule has 0 saturated heterocycles. The van der Waals surface area contributed by atoms with Crippen LogP contribution in [0.4, 0.5) is 0 Å². The van der Waals surface area contributed by atoms with Crippen molar-refractivity contribution < 1.29 is 9.21 Å². The van der Waals surface area contributed by atoms with E-state index in [1.54, 1.807) is 16.9 Å². The average molecular weight is 255 g/mol. The number of amides is 1. The molecule has 2 heterocycles. The van der Waals surface area contributed by atoms with Gasteiger partial charge < -0.3 is 4.42 Å². The number of hydrogen-bond acceptors (Lipinski definition) is 4. The van der Waals surface area contributed by atoms with Crippen LogP contribution in [-0.2, 0) is 6.54 Å². The fourth-order valence-electron chi connectivity index (χ4n) is 1.47. The highest BCUT2D eigenvalue weighted by atomic mass is 35.5. The molecule has 90 valence electrons. The first-order valence-corrected chi connectivity index (χ1v) is 5.26. The molecule has 0 aliphatic carbocycles. The summed E-state index contributed by atoms with van der Waals surface area (Å²) >= 11 is 5.89. The van der Waals surface area contributed by atoms with Crippen molar-refractivity contribution in [1.82, 2.24) is 15.2 Å². The second kappa shape index (κ2) is 4.60. The highest BCUT2D eigenvalue weighted by molar-refractivity contribution is 6.31. The van der Waals surface area contributed by atoms with Crippen molar-refractivity contribution in [3.8, 4) is 0 Å². The molecule has 0 atom stereocenters.